The lowest BCUT2D eigenvalue weighted by atomic mass is 9.99. The van der Waals surface area contributed by atoms with E-state index in [9.17, 15) is 22.8 Å². The summed E-state index contributed by atoms with van der Waals surface area (Å²) in [7, 11) is 1.57. The van der Waals surface area contributed by atoms with Crippen molar-refractivity contribution in [1.29, 1.82) is 0 Å². The molecule has 248 valence electrons. The highest BCUT2D eigenvalue weighted by molar-refractivity contribution is 8.15. The molecule has 0 spiro atoms. The lowest BCUT2D eigenvalue weighted by molar-refractivity contribution is -0.274. The number of aromatic nitrogens is 3. The first-order chi connectivity index (χ1) is 22.3. The number of amidine groups is 1. The van der Waals surface area contributed by atoms with Crippen molar-refractivity contribution in [3.05, 3.63) is 96.2 Å². The average Bonchev–Trinajstić information content (AvgIpc) is 3.66. The van der Waals surface area contributed by atoms with Crippen molar-refractivity contribution < 1.29 is 32.2 Å². The number of ether oxygens (including phenoxy) is 2. The number of methoxy groups -OCH3 is 1. The minimum Gasteiger partial charge on any atom is -0.501 e. The van der Waals surface area contributed by atoms with Crippen LogP contribution >= 0.6 is 11.8 Å². The van der Waals surface area contributed by atoms with Gasteiger partial charge in [-0.2, -0.15) is 4.99 Å². The molecule has 0 saturated carbocycles. The Kier molecular flexibility index (Phi) is 11.3. The first-order valence-corrected chi connectivity index (χ1v) is 15.6. The van der Waals surface area contributed by atoms with Gasteiger partial charge < -0.3 is 14.8 Å². The molecule has 4 rings (SSSR count). The SMILES string of the molecule is C=C/C(=C(\C=C(/C)OC)C(C)C)N1C(=O)CSC1=NC(=O)NCC(C)c1ccc(-c2ncn(-c3ccc(OC(F)(F)F)cc3)n2)cc1. The van der Waals surface area contributed by atoms with Crippen LogP contribution < -0.4 is 10.1 Å². The standard InChI is InChI=1S/C33H35F3N6O4S/c1-7-28(27(20(2)3)16-22(5)45-6)42-29(43)18-47-32(42)39-31(44)37-17-21(4)23-8-10-24(11-9-23)30-38-19-41(40-30)25-12-14-26(15-13-25)46-33(34,35)36/h7-16,19-21H,1,17-18H2,2-6H3,(H,37,44)/b22-16+,28-27-,39-32?. The number of nitrogens with one attached hydrogen (secondary N) is 1. The monoisotopic (exact) mass is 668 g/mol. The summed E-state index contributed by atoms with van der Waals surface area (Å²) in [6, 6.07) is 12.2. The molecule has 1 saturated heterocycles. The second-order valence-electron chi connectivity index (χ2n) is 10.8. The van der Waals surface area contributed by atoms with Crippen LogP contribution in [0.2, 0.25) is 0 Å². The van der Waals surface area contributed by atoms with Crippen LogP contribution in [-0.2, 0) is 9.53 Å². The Morgan fingerprint density at radius 2 is 1.83 bits per heavy atom. The molecule has 14 heteroatoms. The molecule has 1 atom stereocenters. The van der Waals surface area contributed by atoms with Crippen LogP contribution in [0.25, 0.3) is 17.1 Å². The molecule has 3 aromatic rings. The summed E-state index contributed by atoms with van der Waals surface area (Å²) in [5, 5.41) is 7.53. The number of allylic oxidation sites excluding steroid dienone is 4. The number of carbonyl (C=O) groups excluding carboxylic acids is 2. The number of amides is 3. The fraction of sp³-hybridized carbons (Fsp3) is 0.303. The van der Waals surface area contributed by atoms with Crippen LogP contribution in [0.3, 0.4) is 0 Å². The molecule has 3 amide bonds. The molecular formula is C33H35F3N6O4S. The number of halogens is 3. The van der Waals surface area contributed by atoms with Crippen molar-refractivity contribution in [3.8, 4) is 22.8 Å². The molecule has 1 fully saturated rings. The van der Waals surface area contributed by atoms with E-state index in [4.69, 9.17) is 4.74 Å². The van der Waals surface area contributed by atoms with Crippen molar-refractivity contribution in [3.63, 3.8) is 0 Å². The second kappa shape index (κ2) is 15.2. The first-order valence-electron chi connectivity index (χ1n) is 14.6. The lowest BCUT2D eigenvalue weighted by Gasteiger charge is -2.22. The van der Waals surface area contributed by atoms with Gasteiger partial charge in [-0.15, -0.1) is 18.3 Å². The van der Waals surface area contributed by atoms with Crippen molar-refractivity contribution in [1.82, 2.24) is 25.0 Å². The van der Waals surface area contributed by atoms with Crippen molar-refractivity contribution in [2.75, 3.05) is 19.4 Å². The Balaban J connectivity index is 1.40. The Morgan fingerprint density at radius 1 is 1.15 bits per heavy atom. The van der Waals surface area contributed by atoms with Gasteiger partial charge in [-0.25, -0.2) is 14.5 Å². The molecule has 1 aliphatic rings. The van der Waals surface area contributed by atoms with Gasteiger partial charge in [-0.1, -0.05) is 63.4 Å². The normalized spacial score (nSPS) is 15.9. The van der Waals surface area contributed by atoms with Gasteiger partial charge in [0.05, 0.1) is 30.0 Å². The third-order valence-corrected chi connectivity index (χ3v) is 8.04. The second-order valence-corrected chi connectivity index (χ2v) is 11.8. The van der Waals surface area contributed by atoms with Gasteiger partial charge in [-0.05, 0) is 66.3 Å². The van der Waals surface area contributed by atoms with E-state index in [1.54, 1.807) is 13.2 Å². The number of carbonyl (C=O) groups is 2. The van der Waals surface area contributed by atoms with Gasteiger partial charge >= 0.3 is 12.4 Å². The predicted molar refractivity (Wildman–Crippen MR) is 175 cm³/mol. The quantitative estimate of drug-likeness (QED) is 0.170. The minimum atomic E-state index is -4.77. The van der Waals surface area contributed by atoms with E-state index in [0.29, 0.717) is 29.5 Å². The van der Waals surface area contributed by atoms with Gasteiger partial charge in [0.15, 0.2) is 11.0 Å². The van der Waals surface area contributed by atoms with E-state index >= 15 is 0 Å². The molecular weight excluding hydrogens is 633 g/mol. The van der Waals surface area contributed by atoms with E-state index < -0.39 is 12.4 Å². The Morgan fingerprint density at radius 3 is 2.43 bits per heavy atom. The first kappa shape index (κ1) is 35.0. The fourth-order valence-electron chi connectivity index (χ4n) is 4.60. The van der Waals surface area contributed by atoms with Crippen LogP contribution in [0.1, 0.15) is 39.2 Å². The Bertz CT molecular complexity index is 1700. The number of nitrogens with zero attached hydrogens (tertiary/aromatic N) is 5. The molecule has 47 heavy (non-hydrogen) atoms. The smallest absolute Gasteiger partial charge is 0.501 e. The van der Waals surface area contributed by atoms with E-state index in [1.807, 2.05) is 58.0 Å². The number of hydrogen-bond acceptors (Lipinski definition) is 7. The Labute approximate surface area is 275 Å². The molecule has 1 aliphatic heterocycles. The average molecular weight is 669 g/mol. The molecule has 1 unspecified atom stereocenters. The van der Waals surface area contributed by atoms with Crippen LogP contribution in [-0.4, -0.2) is 62.5 Å². The van der Waals surface area contributed by atoms with E-state index in [1.165, 1.54) is 51.9 Å². The van der Waals surface area contributed by atoms with Crippen molar-refractivity contribution in [2.24, 2.45) is 10.9 Å². The maximum atomic E-state index is 12.9. The van der Waals surface area contributed by atoms with E-state index in [0.717, 1.165) is 16.7 Å². The molecule has 2 aromatic carbocycles. The highest BCUT2D eigenvalue weighted by Crippen LogP contribution is 2.30. The molecule has 10 nitrogen and oxygen atoms in total. The summed E-state index contributed by atoms with van der Waals surface area (Å²) >= 11 is 1.19. The van der Waals surface area contributed by atoms with Gasteiger partial charge in [0, 0.05) is 12.1 Å². The van der Waals surface area contributed by atoms with E-state index in [-0.39, 0.29) is 34.4 Å². The van der Waals surface area contributed by atoms with Gasteiger partial charge in [0.25, 0.3) is 0 Å². The summed E-state index contributed by atoms with van der Waals surface area (Å²) in [6.45, 7) is 12.0. The number of alkyl halides is 3. The molecule has 1 aromatic heterocycles. The summed E-state index contributed by atoms with van der Waals surface area (Å²) in [5.41, 5.74) is 3.58. The fourth-order valence-corrected chi connectivity index (χ4v) is 5.46. The third-order valence-electron chi connectivity index (χ3n) is 7.12. The summed E-state index contributed by atoms with van der Waals surface area (Å²) < 4.78 is 48.0. The zero-order chi connectivity index (χ0) is 34.3. The van der Waals surface area contributed by atoms with Gasteiger partial charge in [-0.3, -0.25) is 9.69 Å². The predicted octanol–water partition coefficient (Wildman–Crippen LogP) is 7.22. The minimum absolute atomic E-state index is 0.0443. The summed E-state index contributed by atoms with van der Waals surface area (Å²) in [5.74, 6) is 0.707. The maximum Gasteiger partial charge on any atom is 0.573 e. The van der Waals surface area contributed by atoms with Gasteiger partial charge in [0.1, 0.15) is 12.1 Å². The van der Waals surface area contributed by atoms with Crippen molar-refractivity contribution in [2.45, 2.75) is 40.0 Å². The highest BCUT2D eigenvalue weighted by atomic mass is 32.2. The highest BCUT2D eigenvalue weighted by Gasteiger charge is 2.33. The topological polar surface area (TPSA) is 111 Å². The molecule has 0 radical (unpaired) electrons. The van der Waals surface area contributed by atoms with E-state index in [2.05, 4.69) is 31.7 Å². The molecule has 0 aliphatic carbocycles. The molecule has 0 bridgehead atoms. The zero-order valence-corrected chi connectivity index (χ0v) is 27.4. The third kappa shape index (κ3) is 9.12. The molecule has 2 heterocycles. The zero-order valence-electron chi connectivity index (χ0n) is 26.5. The number of thioether (sulfide) groups is 1. The number of aliphatic imine (C=N–C) groups is 1. The van der Waals surface area contributed by atoms with Gasteiger partial charge in [0.2, 0.25) is 5.91 Å². The van der Waals surface area contributed by atoms with Crippen LogP contribution in [0.5, 0.6) is 5.75 Å². The maximum absolute atomic E-state index is 12.9. The van der Waals surface area contributed by atoms with Crippen LogP contribution in [0.15, 0.2) is 95.6 Å². The van der Waals surface area contributed by atoms with Crippen LogP contribution in [0, 0.1) is 5.92 Å². The van der Waals surface area contributed by atoms with Crippen molar-refractivity contribution >= 4 is 28.9 Å². The number of hydrogen-bond donors (Lipinski definition) is 1. The summed E-state index contributed by atoms with van der Waals surface area (Å²) in [6.07, 6.45) is 0.140. The number of urea groups is 1. The number of benzene rings is 2. The largest absolute Gasteiger partial charge is 0.573 e. The molecule has 1 N–H and O–H groups in total. The summed E-state index contributed by atoms with van der Waals surface area (Å²) in [4.78, 5) is 35.7. The Hall–Kier alpha value is -4.85. The number of rotatable bonds is 11. The lowest BCUT2D eigenvalue weighted by Crippen LogP contribution is -2.32. The van der Waals surface area contributed by atoms with Crippen LogP contribution in [0.4, 0.5) is 18.0 Å².